The molecule has 0 saturated carbocycles. The molecule has 0 spiro atoms. The van der Waals surface area contributed by atoms with Crippen LogP contribution >= 0.6 is 0 Å². The number of rotatable bonds is 5. The molecule has 0 aliphatic rings. The third kappa shape index (κ3) is 3.02. The Kier molecular flexibility index (Phi) is 3.36. The first-order valence-electron chi connectivity index (χ1n) is 5.57. The normalized spacial score (nSPS) is 12.9. The van der Waals surface area contributed by atoms with Crippen LogP contribution in [0.25, 0.3) is 0 Å². The summed E-state index contributed by atoms with van der Waals surface area (Å²) in [5.41, 5.74) is 0. The molecule has 0 fully saturated rings. The molecule has 1 unspecified atom stereocenters. The fourth-order valence-corrected chi connectivity index (χ4v) is 1.39. The smallest absolute Gasteiger partial charge is 0.321 e. The second kappa shape index (κ2) is 4.94. The van der Waals surface area contributed by atoms with Gasteiger partial charge in [0.15, 0.2) is 5.82 Å². The van der Waals surface area contributed by atoms with E-state index in [0.717, 1.165) is 0 Å². The summed E-state index contributed by atoms with van der Waals surface area (Å²) in [6.07, 6.45) is 3.18. The van der Waals surface area contributed by atoms with E-state index in [1.54, 1.807) is 11.0 Å². The highest BCUT2D eigenvalue weighted by atomic mass is 16.5. The van der Waals surface area contributed by atoms with Gasteiger partial charge in [-0.2, -0.15) is 10.1 Å². The summed E-state index contributed by atoms with van der Waals surface area (Å²) in [5, 5.41) is 11.0. The summed E-state index contributed by atoms with van der Waals surface area (Å²) < 4.78 is 6.85. The molecule has 2 aromatic rings. The van der Waals surface area contributed by atoms with Gasteiger partial charge in [0.05, 0.1) is 6.54 Å². The molecular weight excluding hydrogens is 220 g/mol. The summed E-state index contributed by atoms with van der Waals surface area (Å²) in [5.74, 6) is 0.973. The van der Waals surface area contributed by atoms with E-state index in [0.29, 0.717) is 18.4 Å². The van der Waals surface area contributed by atoms with Crippen LogP contribution < -0.4 is 5.32 Å². The van der Waals surface area contributed by atoms with Crippen molar-refractivity contribution in [3.8, 4) is 0 Å². The van der Waals surface area contributed by atoms with Gasteiger partial charge in [0.1, 0.15) is 12.7 Å². The lowest BCUT2D eigenvalue weighted by Crippen LogP contribution is -2.22. The minimum atomic E-state index is 0.136. The topological polar surface area (TPSA) is 81.7 Å². The monoisotopic (exact) mass is 236 g/mol. The van der Waals surface area contributed by atoms with Gasteiger partial charge in [-0.1, -0.05) is 19.0 Å². The third-order valence-corrected chi connectivity index (χ3v) is 2.26. The molecule has 17 heavy (non-hydrogen) atoms. The van der Waals surface area contributed by atoms with Crippen LogP contribution in [-0.2, 0) is 6.54 Å². The Morgan fingerprint density at radius 1 is 1.41 bits per heavy atom. The lowest BCUT2D eigenvalue weighted by Gasteiger charge is -2.10. The van der Waals surface area contributed by atoms with Crippen LogP contribution in [-0.4, -0.2) is 30.9 Å². The maximum Gasteiger partial charge on any atom is 0.321 e. The van der Waals surface area contributed by atoms with Gasteiger partial charge >= 0.3 is 6.01 Å². The molecule has 0 amide bonds. The summed E-state index contributed by atoms with van der Waals surface area (Å²) >= 11 is 0. The fraction of sp³-hybridized carbons (Fsp3) is 0.600. The van der Waals surface area contributed by atoms with Crippen LogP contribution in [0.2, 0.25) is 0 Å². The second-order valence-electron chi connectivity index (χ2n) is 4.28. The van der Waals surface area contributed by atoms with E-state index < -0.39 is 0 Å². The summed E-state index contributed by atoms with van der Waals surface area (Å²) in [7, 11) is 0. The first-order chi connectivity index (χ1) is 8.15. The van der Waals surface area contributed by atoms with Crippen LogP contribution in [0.4, 0.5) is 6.01 Å². The molecule has 0 bridgehead atoms. The van der Waals surface area contributed by atoms with Crippen molar-refractivity contribution in [3.63, 3.8) is 0 Å². The van der Waals surface area contributed by atoms with Crippen molar-refractivity contribution < 1.29 is 4.52 Å². The molecular formula is C10H16N6O. The van der Waals surface area contributed by atoms with Gasteiger partial charge < -0.3 is 9.84 Å². The molecule has 0 aliphatic carbocycles. The molecule has 0 radical (unpaired) electrons. The zero-order chi connectivity index (χ0) is 12.3. The van der Waals surface area contributed by atoms with Crippen molar-refractivity contribution in [1.29, 1.82) is 0 Å². The lowest BCUT2D eigenvalue weighted by atomic mass is 10.2. The standard InChI is InChI=1S/C10H16N6O/c1-7(2)9-14-10(17-15-9)13-8(3)4-16-6-11-5-12-16/h5-8H,4H2,1-3H3,(H,13,14,15). The summed E-state index contributed by atoms with van der Waals surface area (Å²) in [6, 6.07) is 0.582. The molecule has 2 rings (SSSR count). The van der Waals surface area contributed by atoms with Crippen LogP contribution in [0.15, 0.2) is 17.2 Å². The molecule has 1 N–H and O–H groups in total. The molecule has 0 aliphatic heterocycles. The Morgan fingerprint density at radius 3 is 2.82 bits per heavy atom. The van der Waals surface area contributed by atoms with Crippen molar-refractivity contribution >= 4 is 6.01 Å². The van der Waals surface area contributed by atoms with Gasteiger partial charge in [0.25, 0.3) is 0 Å². The number of nitrogens with zero attached hydrogens (tertiary/aromatic N) is 5. The highest BCUT2D eigenvalue weighted by Gasteiger charge is 2.11. The van der Waals surface area contributed by atoms with Crippen molar-refractivity contribution in [1.82, 2.24) is 24.9 Å². The number of hydrogen-bond donors (Lipinski definition) is 1. The molecule has 0 saturated heterocycles. The van der Waals surface area contributed by atoms with E-state index in [4.69, 9.17) is 4.52 Å². The molecule has 7 heteroatoms. The van der Waals surface area contributed by atoms with E-state index in [-0.39, 0.29) is 12.0 Å². The number of aromatic nitrogens is 5. The average molecular weight is 236 g/mol. The summed E-state index contributed by atoms with van der Waals surface area (Å²) in [4.78, 5) is 8.13. The van der Waals surface area contributed by atoms with Crippen molar-refractivity contribution in [2.24, 2.45) is 0 Å². The minimum Gasteiger partial charge on any atom is -0.333 e. The molecule has 2 aromatic heterocycles. The summed E-state index contributed by atoms with van der Waals surface area (Å²) in [6.45, 7) is 6.75. The Balaban J connectivity index is 1.91. The van der Waals surface area contributed by atoms with Crippen LogP contribution in [0, 0.1) is 0 Å². The number of anilines is 1. The van der Waals surface area contributed by atoms with Gasteiger partial charge in [0.2, 0.25) is 0 Å². The van der Waals surface area contributed by atoms with Crippen LogP contribution in [0.5, 0.6) is 0 Å². The predicted molar refractivity (Wildman–Crippen MR) is 61.5 cm³/mol. The van der Waals surface area contributed by atoms with E-state index in [2.05, 4.69) is 25.5 Å². The van der Waals surface area contributed by atoms with E-state index in [9.17, 15) is 0 Å². The SMILES string of the molecule is CC(Cn1cncn1)Nc1nc(C(C)C)no1. The minimum absolute atomic E-state index is 0.136. The maximum absolute atomic E-state index is 5.10. The second-order valence-corrected chi connectivity index (χ2v) is 4.28. The van der Waals surface area contributed by atoms with E-state index in [1.165, 1.54) is 6.33 Å². The van der Waals surface area contributed by atoms with Crippen LogP contribution in [0.1, 0.15) is 32.5 Å². The highest BCUT2D eigenvalue weighted by Crippen LogP contribution is 2.13. The largest absolute Gasteiger partial charge is 0.333 e. The van der Waals surface area contributed by atoms with Crippen molar-refractivity contribution in [2.75, 3.05) is 5.32 Å². The third-order valence-electron chi connectivity index (χ3n) is 2.26. The van der Waals surface area contributed by atoms with Gasteiger partial charge in [0, 0.05) is 12.0 Å². The highest BCUT2D eigenvalue weighted by molar-refractivity contribution is 5.20. The number of nitrogens with one attached hydrogen (secondary N) is 1. The fourth-order valence-electron chi connectivity index (χ4n) is 1.39. The molecule has 0 aromatic carbocycles. The molecule has 2 heterocycles. The van der Waals surface area contributed by atoms with Crippen molar-refractivity contribution in [2.45, 2.75) is 39.3 Å². The lowest BCUT2D eigenvalue weighted by molar-refractivity contribution is 0.412. The van der Waals surface area contributed by atoms with Gasteiger partial charge in [-0.3, -0.25) is 4.68 Å². The first-order valence-corrected chi connectivity index (χ1v) is 5.57. The molecule has 7 nitrogen and oxygen atoms in total. The van der Waals surface area contributed by atoms with E-state index in [1.807, 2.05) is 20.8 Å². The zero-order valence-electron chi connectivity index (χ0n) is 10.2. The Labute approximate surface area is 99.2 Å². The van der Waals surface area contributed by atoms with Crippen molar-refractivity contribution in [3.05, 3.63) is 18.5 Å². The average Bonchev–Trinajstić information content (AvgIpc) is 2.88. The van der Waals surface area contributed by atoms with E-state index >= 15 is 0 Å². The molecule has 1 atom stereocenters. The first kappa shape index (κ1) is 11.6. The quantitative estimate of drug-likeness (QED) is 0.842. The van der Waals surface area contributed by atoms with Crippen LogP contribution in [0.3, 0.4) is 0 Å². The Bertz CT molecular complexity index is 449. The van der Waals surface area contributed by atoms with Gasteiger partial charge in [-0.25, -0.2) is 4.98 Å². The number of hydrogen-bond acceptors (Lipinski definition) is 6. The predicted octanol–water partition coefficient (Wildman–Crippen LogP) is 1.29. The Morgan fingerprint density at radius 2 is 2.24 bits per heavy atom. The van der Waals surface area contributed by atoms with Gasteiger partial charge in [-0.05, 0) is 6.92 Å². The Hall–Kier alpha value is -1.92. The maximum atomic E-state index is 5.10. The zero-order valence-corrected chi connectivity index (χ0v) is 10.2. The van der Waals surface area contributed by atoms with Gasteiger partial charge in [-0.15, -0.1) is 0 Å². The molecule has 92 valence electrons.